The number of hydrogen-bond donors (Lipinski definition) is 1. The molecule has 0 aromatic rings. The molecule has 0 unspecified atom stereocenters. The van der Waals surface area contributed by atoms with Crippen LogP contribution < -0.4 is 5.48 Å². The van der Waals surface area contributed by atoms with Crippen LogP contribution in [0.1, 0.15) is 27.7 Å². The van der Waals surface area contributed by atoms with Gasteiger partial charge in [0.1, 0.15) is 12.4 Å². The van der Waals surface area contributed by atoms with Gasteiger partial charge >= 0.3 is 0 Å². The standard InChI is InChI=1S/C9H16N2O/c1-6(2)7(3)9-5-12-11-8(4)10-9/h6H,5H2,1-4H3,(H,10,11)/b9-7+. The summed E-state index contributed by atoms with van der Waals surface area (Å²) in [5.41, 5.74) is 5.08. The molecule has 1 heterocycles. The lowest BCUT2D eigenvalue weighted by atomic mass is 10.0. The molecule has 3 nitrogen and oxygen atoms in total. The fourth-order valence-corrected chi connectivity index (χ4v) is 1.00. The Bertz CT molecular complexity index is 229. The van der Waals surface area contributed by atoms with Crippen LogP contribution in [-0.4, -0.2) is 12.4 Å². The fourth-order valence-electron chi connectivity index (χ4n) is 1.00. The minimum absolute atomic E-state index is 0.540. The summed E-state index contributed by atoms with van der Waals surface area (Å²) in [6.45, 7) is 8.89. The topological polar surface area (TPSA) is 33.6 Å². The summed E-state index contributed by atoms with van der Waals surface area (Å²) in [7, 11) is 0. The van der Waals surface area contributed by atoms with Gasteiger partial charge in [0.2, 0.25) is 0 Å². The third-order valence-electron chi connectivity index (χ3n) is 2.05. The van der Waals surface area contributed by atoms with Gasteiger partial charge < -0.3 is 0 Å². The van der Waals surface area contributed by atoms with Crippen LogP contribution in [0.25, 0.3) is 0 Å². The van der Waals surface area contributed by atoms with Gasteiger partial charge in [-0.2, -0.15) is 0 Å². The number of rotatable bonds is 1. The Morgan fingerprint density at radius 1 is 1.58 bits per heavy atom. The highest BCUT2D eigenvalue weighted by atomic mass is 16.6. The van der Waals surface area contributed by atoms with E-state index in [1.807, 2.05) is 6.92 Å². The fraction of sp³-hybridized carbons (Fsp3) is 0.667. The lowest BCUT2D eigenvalue weighted by Gasteiger charge is -2.17. The van der Waals surface area contributed by atoms with E-state index in [2.05, 4.69) is 31.2 Å². The highest BCUT2D eigenvalue weighted by Gasteiger charge is 2.10. The number of allylic oxidation sites excluding steroid dienone is 1. The van der Waals surface area contributed by atoms with Crippen molar-refractivity contribution >= 4 is 5.84 Å². The molecule has 68 valence electrons. The maximum absolute atomic E-state index is 5.13. The van der Waals surface area contributed by atoms with E-state index in [1.165, 1.54) is 5.57 Å². The van der Waals surface area contributed by atoms with E-state index in [4.69, 9.17) is 4.84 Å². The van der Waals surface area contributed by atoms with Crippen LogP contribution in [0.15, 0.2) is 16.3 Å². The van der Waals surface area contributed by atoms with E-state index in [0.29, 0.717) is 12.5 Å². The predicted octanol–water partition coefficient (Wildman–Crippen LogP) is 1.87. The molecule has 1 N–H and O–H groups in total. The van der Waals surface area contributed by atoms with Crippen LogP contribution in [0.5, 0.6) is 0 Å². The molecule has 0 aromatic carbocycles. The molecule has 1 rings (SSSR count). The van der Waals surface area contributed by atoms with Crippen molar-refractivity contribution in [2.24, 2.45) is 10.9 Å². The van der Waals surface area contributed by atoms with Gasteiger partial charge in [-0.15, -0.1) is 0 Å². The van der Waals surface area contributed by atoms with E-state index >= 15 is 0 Å². The van der Waals surface area contributed by atoms with Crippen molar-refractivity contribution in [1.82, 2.24) is 5.48 Å². The molecule has 0 spiro atoms. The molecule has 0 aromatic heterocycles. The van der Waals surface area contributed by atoms with Gasteiger partial charge in [-0.1, -0.05) is 13.8 Å². The van der Waals surface area contributed by atoms with Crippen molar-refractivity contribution < 1.29 is 4.84 Å². The van der Waals surface area contributed by atoms with Gasteiger partial charge in [-0.25, -0.2) is 4.99 Å². The molecule has 3 heteroatoms. The van der Waals surface area contributed by atoms with Gasteiger partial charge in [0.15, 0.2) is 0 Å². The SMILES string of the molecule is CC1=N/C(=C(\C)C(C)C)CON1. The van der Waals surface area contributed by atoms with Crippen molar-refractivity contribution in [2.45, 2.75) is 27.7 Å². The lowest BCUT2D eigenvalue weighted by Crippen LogP contribution is -2.27. The summed E-state index contributed by atoms with van der Waals surface area (Å²) in [5.74, 6) is 1.37. The summed E-state index contributed by atoms with van der Waals surface area (Å²) in [5, 5.41) is 0. The number of nitrogens with one attached hydrogen (secondary N) is 1. The van der Waals surface area contributed by atoms with Crippen LogP contribution >= 0.6 is 0 Å². The molecule has 1 aliphatic rings. The molecule has 0 atom stereocenters. The highest BCUT2D eigenvalue weighted by Crippen LogP contribution is 2.16. The summed E-state index contributed by atoms with van der Waals surface area (Å²) >= 11 is 0. The molecule has 0 radical (unpaired) electrons. The van der Waals surface area contributed by atoms with Gasteiger partial charge in [0.05, 0.1) is 5.70 Å². The first-order chi connectivity index (χ1) is 5.61. The Labute approximate surface area is 73.5 Å². The first-order valence-corrected chi connectivity index (χ1v) is 4.24. The van der Waals surface area contributed by atoms with Crippen molar-refractivity contribution in [2.75, 3.05) is 6.61 Å². The van der Waals surface area contributed by atoms with E-state index in [-0.39, 0.29) is 0 Å². The third-order valence-corrected chi connectivity index (χ3v) is 2.05. The van der Waals surface area contributed by atoms with E-state index in [0.717, 1.165) is 11.5 Å². The molecule has 0 aliphatic carbocycles. The Hall–Kier alpha value is -0.830. The number of hydroxylamine groups is 1. The second-order valence-corrected chi connectivity index (χ2v) is 3.37. The molecule has 12 heavy (non-hydrogen) atoms. The van der Waals surface area contributed by atoms with E-state index in [9.17, 15) is 0 Å². The van der Waals surface area contributed by atoms with Crippen molar-refractivity contribution in [1.29, 1.82) is 0 Å². The Morgan fingerprint density at radius 3 is 2.75 bits per heavy atom. The smallest absolute Gasteiger partial charge is 0.123 e. The monoisotopic (exact) mass is 168 g/mol. The summed E-state index contributed by atoms with van der Waals surface area (Å²) in [6, 6.07) is 0. The highest BCUT2D eigenvalue weighted by molar-refractivity contribution is 5.80. The van der Waals surface area contributed by atoms with Crippen LogP contribution in [0.4, 0.5) is 0 Å². The number of amidine groups is 1. The van der Waals surface area contributed by atoms with Crippen molar-refractivity contribution in [3.63, 3.8) is 0 Å². The number of aliphatic imine (C=N–C) groups is 1. The minimum Gasteiger partial charge on any atom is -0.269 e. The van der Waals surface area contributed by atoms with E-state index in [1.54, 1.807) is 0 Å². The molecular formula is C9H16N2O. The normalized spacial score (nSPS) is 21.9. The number of hydrogen-bond acceptors (Lipinski definition) is 3. The largest absolute Gasteiger partial charge is 0.269 e. The third kappa shape index (κ3) is 2.08. The van der Waals surface area contributed by atoms with Crippen LogP contribution in [-0.2, 0) is 4.84 Å². The second kappa shape index (κ2) is 3.72. The van der Waals surface area contributed by atoms with Crippen LogP contribution in [0.2, 0.25) is 0 Å². The molecule has 0 fully saturated rings. The molecule has 0 saturated carbocycles. The summed E-state index contributed by atoms with van der Waals surface area (Å²) in [4.78, 5) is 9.49. The van der Waals surface area contributed by atoms with Crippen LogP contribution in [0, 0.1) is 5.92 Å². The Kier molecular flexibility index (Phi) is 2.87. The zero-order valence-corrected chi connectivity index (χ0v) is 8.14. The average molecular weight is 168 g/mol. The van der Waals surface area contributed by atoms with E-state index < -0.39 is 0 Å². The van der Waals surface area contributed by atoms with Crippen LogP contribution in [0.3, 0.4) is 0 Å². The molecule has 0 bridgehead atoms. The van der Waals surface area contributed by atoms with Gasteiger partial charge in [-0.3, -0.25) is 10.3 Å². The molecule has 1 aliphatic heterocycles. The molecular weight excluding hydrogens is 152 g/mol. The Morgan fingerprint density at radius 2 is 2.25 bits per heavy atom. The Balaban J connectivity index is 2.86. The maximum Gasteiger partial charge on any atom is 0.123 e. The summed E-state index contributed by atoms with van der Waals surface area (Å²) in [6.07, 6.45) is 0. The quantitative estimate of drug-likeness (QED) is 0.648. The molecule has 0 saturated heterocycles. The predicted molar refractivity (Wildman–Crippen MR) is 49.7 cm³/mol. The van der Waals surface area contributed by atoms with Crippen molar-refractivity contribution in [3.8, 4) is 0 Å². The first-order valence-electron chi connectivity index (χ1n) is 4.24. The average Bonchev–Trinajstić information content (AvgIpc) is 2.03. The van der Waals surface area contributed by atoms with Gasteiger partial charge in [-0.05, 0) is 25.3 Å². The minimum atomic E-state index is 0.540. The van der Waals surface area contributed by atoms with Crippen molar-refractivity contribution in [3.05, 3.63) is 11.3 Å². The van der Waals surface area contributed by atoms with Gasteiger partial charge in [0.25, 0.3) is 0 Å². The first kappa shape index (κ1) is 9.26. The van der Waals surface area contributed by atoms with Gasteiger partial charge in [0, 0.05) is 0 Å². The zero-order valence-electron chi connectivity index (χ0n) is 8.14. The number of nitrogens with zero attached hydrogens (tertiary/aromatic N) is 1. The molecule has 0 amide bonds. The summed E-state index contributed by atoms with van der Waals surface area (Å²) < 4.78 is 0. The zero-order chi connectivity index (χ0) is 9.14. The second-order valence-electron chi connectivity index (χ2n) is 3.37. The lowest BCUT2D eigenvalue weighted by molar-refractivity contribution is 0.0951. The maximum atomic E-state index is 5.13.